The lowest BCUT2D eigenvalue weighted by Gasteiger charge is -2.14. The molecule has 21 heavy (non-hydrogen) atoms. The number of rotatable bonds is 6. The molecule has 2 rings (SSSR count). The molecule has 0 aliphatic heterocycles. The summed E-state index contributed by atoms with van der Waals surface area (Å²) >= 11 is 5.93. The molecule has 1 N–H and O–H groups in total. The zero-order valence-electron chi connectivity index (χ0n) is 11.8. The Kier molecular flexibility index (Phi) is 4.75. The van der Waals surface area contributed by atoms with Gasteiger partial charge in [-0.15, -0.1) is 0 Å². The van der Waals surface area contributed by atoms with E-state index in [1.165, 1.54) is 10.6 Å². The highest BCUT2D eigenvalue weighted by molar-refractivity contribution is 6.31. The van der Waals surface area contributed by atoms with Crippen LogP contribution in [-0.4, -0.2) is 28.9 Å². The van der Waals surface area contributed by atoms with Crippen molar-refractivity contribution in [2.45, 2.75) is 13.8 Å². The average molecular weight is 310 g/mol. The van der Waals surface area contributed by atoms with E-state index >= 15 is 0 Å². The zero-order valence-corrected chi connectivity index (χ0v) is 12.6. The third kappa shape index (κ3) is 3.31. The van der Waals surface area contributed by atoms with Gasteiger partial charge < -0.3 is 19.1 Å². The molecule has 0 atom stereocenters. The van der Waals surface area contributed by atoms with Gasteiger partial charge in [0, 0.05) is 12.3 Å². The normalized spacial score (nSPS) is 10.4. The van der Waals surface area contributed by atoms with Crippen molar-refractivity contribution >= 4 is 17.6 Å². The van der Waals surface area contributed by atoms with Crippen LogP contribution in [0, 0.1) is 0 Å². The summed E-state index contributed by atoms with van der Waals surface area (Å²) in [5, 5.41) is 9.63. The predicted molar refractivity (Wildman–Crippen MR) is 80.1 cm³/mol. The van der Waals surface area contributed by atoms with Crippen LogP contribution in [0.15, 0.2) is 30.5 Å². The van der Waals surface area contributed by atoms with Crippen LogP contribution >= 0.6 is 11.6 Å². The van der Waals surface area contributed by atoms with Crippen LogP contribution in [0.3, 0.4) is 0 Å². The van der Waals surface area contributed by atoms with Gasteiger partial charge in [-0.1, -0.05) is 11.6 Å². The molecule has 112 valence electrons. The number of hydrogen-bond donors (Lipinski definition) is 1. The van der Waals surface area contributed by atoms with Crippen LogP contribution < -0.4 is 9.47 Å². The molecule has 0 aliphatic carbocycles. The summed E-state index contributed by atoms with van der Waals surface area (Å²) in [6.45, 7) is 4.73. The molecule has 2 aromatic rings. The van der Waals surface area contributed by atoms with Crippen molar-refractivity contribution in [1.29, 1.82) is 0 Å². The smallest absolute Gasteiger partial charge is 0.352 e. The molecular formula is C15H16ClNO4. The topological polar surface area (TPSA) is 60.7 Å². The largest absolute Gasteiger partial charge is 0.494 e. The van der Waals surface area contributed by atoms with Gasteiger partial charge in [-0.25, -0.2) is 4.79 Å². The summed E-state index contributed by atoms with van der Waals surface area (Å²) in [5.41, 5.74) is 0.640. The number of carboxylic acids is 1. The summed E-state index contributed by atoms with van der Waals surface area (Å²) in [5.74, 6) is 0.138. The molecule has 0 bridgehead atoms. The molecule has 6 heteroatoms. The highest BCUT2D eigenvalue weighted by Crippen LogP contribution is 2.31. The van der Waals surface area contributed by atoms with E-state index < -0.39 is 5.97 Å². The molecule has 0 saturated heterocycles. The molecule has 1 aromatic carbocycles. The molecule has 0 radical (unpaired) electrons. The Labute approximate surface area is 127 Å². The maximum absolute atomic E-state index is 11.3. The van der Waals surface area contributed by atoms with Crippen LogP contribution in [0.4, 0.5) is 0 Å². The summed E-state index contributed by atoms with van der Waals surface area (Å²) in [6.07, 6.45) is 1.54. The Morgan fingerprint density at radius 1 is 1.24 bits per heavy atom. The second-order valence-corrected chi connectivity index (χ2v) is 4.65. The summed E-state index contributed by atoms with van der Waals surface area (Å²) in [7, 11) is 0. The molecule has 5 nitrogen and oxygen atoms in total. The highest BCUT2D eigenvalue weighted by atomic mass is 35.5. The third-order valence-corrected chi connectivity index (χ3v) is 3.01. The van der Waals surface area contributed by atoms with Crippen molar-refractivity contribution in [2.75, 3.05) is 13.2 Å². The maximum Gasteiger partial charge on any atom is 0.352 e. The maximum atomic E-state index is 11.3. The van der Waals surface area contributed by atoms with Gasteiger partial charge in [0.1, 0.15) is 17.2 Å². The molecular weight excluding hydrogens is 294 g/mol. The number of ether oxygens (including phenoxy) is 2. The van der Waals surface area contributed by atoms with E-state index in [1.54, 1.807) is 24.4 Å². The molecule has 1 aromatic heterocycles. The van der Waals surface area contributed by atoms with E-state index in [0.717, 1.165) is 0 Å². The lowest BCUT2D eigenvalue weighted by Crippen LogP contribution is -2.08. The quantitative estimate of drug-likeness (QED) is 0.885. The number of carbonyl (C=O) groups is 1. The lowest BCUT2D eigenvalue weighted by atomic mass is 10.2. The average Bonchev–Trinajstić information content (AvgIpc) is 2.83. The second kappa shape index (κ2) is 6.54. The van der Waals surface area contributed by atoms with E-state index in [9.17, 15) is 9.90 Å². The van der Waals surface area contributed by atoms with Crippen molar-refractivity contribution < 1.29 is 19.4 Å². The number of aromatic nitrogens is 1. The van der Waals surface area contributed by atoms with Gasteiger partial charge in [0.05, 0.1) is 23.9 Å². The van der Waals surface area contributed by atoms with E-state index in [0.29, 0.717) is 35.4 Å². The first kappa shape index (κ1) is 15.3. The van der Waals surface area contributed by atoms with Crippen LogP contribution in [0.1, 0.15) is 24.3 Å². The third-order valence-electron chi connectivity index (χ3n) is 2.81. The molecule has 0 unspecified atom stereocenters. The van der Waals surface area contributed by atoms with Crippen LogP contribution in [-0.2, 0) is 0 Å². The number of halogens is 1. The molecule has 0 saturated carbocycles. The van der Waals surface area contributed by atoms with Crippen molar-refractivity contribution in [3.8, 4) is 17.2 Å². The molecule has 0 amide bonds. The van der Waals surface area contributed by atoms with Gasteiger partial charge in [-0.05, 0) is 32.0 Å². The minimum Gasteiger partial charge on any atom is -0.494 e. The molecule has 1 heterocycles. The van der Waals surface area contributed by atoms with Crippen molar-refractivity contribution in [3.63, 3.8) is 0 Å². The number of hydrogen-bond acceptors (Lipinski definition) is 3. The monoisotopic (exact) mass is 309 g/mol. The summed E-state index contributed by atoms with van der Waals surface area (Å²) in [6, 6.07) is 6.66. The minimum atomic E-state index is -1.06. The summed E-state index contributed by atoms with van der Waals surface area (Å²) in [4.78, 5) is 11.3. The van der Waals surface area contributed by atoms with Gasteiger partial charge in [0.2, 0.25) is 0 Å². The fourth-order valence-electron chi connectivity index (χ4n) is 2.01. The summed E-state index contributed by atoms with van der Waals surface area (Å²) < 4.78 is 12.5. The minimum absolute atomic E-state index is 0.0644. The van der Waals surface area contributed by atoms with Gasteiger partial charge in [-0.2, -0.15) is 0 Å². The van der Waals surface area contributed by atoms with E-state index in [-0.39, 0.29) is 5.69 Å². The fraction of sp³-hybridized carbons (Fsp3) is 0.267. The van der Waals surface area contributed by atoms with Crippen LogP contribution in [0.5, 0.6) is 11.5 Å². The number of benzene rings is 1. The van der Waals surface area contributed by atoms with Gasteiger partial charge in [-0.3, -0.25) is 0 Å². The molecule has 0 aliphatic rings. The predicted octanol–water partition coefficient (Wildman–Crippen LogP) is 3.63. The first-order valence-electron chi connectivity index (χ1n) is 6.58. The van der Waals surface area contributed by atoms with E-state index in [4.69, 9.17) is 21.1 Å². The second-order valence-electron chi connectivity index (χ2n) is 4.21. The van der Waals surface area contributed by atoms with Crippen LogP contribution in [0.25, 0.3) is 5.69 Å². The Hall–Kier alpha value is -2.14. The van der Waals surface area contributed by atoms with Crippen molar-refractivity contribution in [3.05, 3.63) is 41.2 Å². The van der Waals surface area contributed by atoms with Crippen molar-refractivity contribution in [2.24, 2.45) is 0 Å². The number of nitrogens with zero attached hydrogens (tertiary/aromatic N) is 1. The first-order chi connectivity index (χ1) is 10.1. The number of aromatic carboxylic acids is 1. The molecule has 0 spiro atoms. The molecule has 0 fully saturated rings. The zero-order chi connectivity index (χ0) is 15.4. The first-order valence-corrected chi connectivity index (χ1v) is 6.95. The van der Waals surface area contributed by atoms with E-state index in [2.05, 4.69) is 0 Å². The van der Waals surface area contributed by atoms with Crippen LogP contribution in [0.2, 0.25) is 5.02 Å². The van der Waals surface area contributed by atoms with Crippen molar-refractivity contribution in [1.82, 2.24) is 4.57 Å². The van der Waals surface area contributed by atoms with Gasteiger partial charge in [0.15, 0.2) is 0 Å². The Morgan fingerprint density at radius 2 is 1.95 bits per heavy atom. The fourth-order valence-corrected chi connectivity index (χ4v) is 2.21. The number of carboxylic acid groups (broad SMARTS) is 1. The van der Waals surface area contributed by atoms with Gasteiger partial charge >= 0.3 is 5.97 Å². The SMILES string of the molecule is CCOc1ccc(OCC)c(-n2cc(Cl)cc2C(=O)O)c1. The Balaban J connectivity index is 2.59. The van der Waals surface area contributed by atoms with E-state index in [1.807, 2.05) is 13.8 Å². The highest BCUT2D eigenvalue weighted by Gasteiger charge is 2.17. The Bertz CT molecular complexity index is 651. The Morgan fingerprint density at radius 3 is 2.57 bits per heavy atom. The lowest BCUT2D eigenvalue weighted by molar-refractivity contribution is 0.0688. The standard InChI is InChI=1S/C15H16ClNO4/c1-3-20-11-5-6-14(21-4-2)12(8-11)17-9-10(16)7-13(17)15(18)19/h5-9H,3-4H2,1-2H3,(H,18,19). The van der Waals surface area contributed by atoms with Gasteiger partial charge in [0.25, 0.3) is 0 Å².